The Bertz CT molecular complexity index is 4010. The van der Waals surface area contributed by atoms with E-state index in [1.165, 1.54) is 75.7 Å². The number of fused-ring (bicyclic) bond motifs is 1. The van der Waals surface area contributed by atoms with Gasteiger partial charge in [-0.2, -0.15) is 35.0 Å². The summed E-state index contributed by atoms with van der Waals surface area (Å²) in [4.78, 5) is -2.25. The first-order valence-corrected chi connectivity index (χ1v) is 27.7. The molecule has 0 saturated carbocycles. The molecule has 0 radical (unpaired) electrons. The predicted octanol–water partition coefficient (Wildman–Crippen LogP) is 7.65. The Morgan fingerprint density at radius 2 is 0.841 bits per heavy atom. The lowest BCUT2D eigenvalue weighted by atomic mass is 10.1. The number of phenols is 1. The highest BCUT2D eigenvalue weighted by Crippen LogP contribution is 2.47. The van der Waals surface area contributed by atoms with Crippen LogP contribution in [0.4, 0.5) is 45.5 Å². The second kappa shape index (κ2) is 26.2. The van der Waals surface area contributed by atoms with Gasteiger partial charge in [-0.25, -0.2) is 0 Å². The van der Waals surface area contributed by atoms with Crippen molar-refractivity contribution < 1.29 is 98.0 Å². The number of ether oxygens (including phenoxy) is 6. The van der Waals surface area contributed by atoms with E-state index in [9.17, 15) is 69.6 Å². The molecule has 0 spiro atoms. The highest BCUT2D eigenvalue weighted by molar-refractivity contribution is 7.86. The monoisotopic (exact) mass is 1200 g/mol. The lowest BCUT2D eigenvalue weighted by Crippen LogP contribution is -2.04. The van der Waals surface area contributed by atoms with Crippen LogP contribution < -0.4 is 28.4 Å². The molecule has 0 atom stereocenters. The molecule has 31 nitrogen and oxygen atoms in total. The molecular formula is C48H48N10O21S3. The summed E-state index contributed by atoms with van der Waals surface area (Å²) >= 11 is 0. The topological polar surface area (TPSA) is 457 Å². The molecule has 0 aliphatic carbocycles. The number of hydrogen-bond acceptors (Lipinski definition) is 27. The molecule has 6 aromatic carbocycles. The zero-order valence-corrected chi connectivity index (χ0v) is 45.3. The van der Waals surface area contributed by atoms with Crippen molar-refractivity contribution in [2.45, 2.75) is 21.6 Å². The Hall–Kier alpha value is -8.84. The second-order valence-corrected chi connectivity index (χ2v) is 20.6. The van der Waals surface area contributed by atoms with Crippen LogP contribution in [0.15, 0.2) is 141 Å². The molecule has 82 heavy (non-hydrogen) atoms. The summed E-state index contributed by atoms with van der Waals surface area (Å²) in [5, 5.41) is 98.2. The van der Waals surface area contributed by atoms with Gasteiger partial charge in [0, 0.05) is 41.8 Å². The number of phenolic OH excluding ortho intramolecular Hbond substituents is 1. The Kier molecular flexibility index (Phi) is 19.4. The van der Waals surface area contributed by atoms with Crippen molar-refractivity contribution in [1.82, 2.24) is 9.78 Å². The second-order valence-electron chi connectivity index (χ2n) is 16.4. The van der Waals surface area contributed by atoms with Crippen LogP contribution in [0.1, 0.15) is 5.69 Å². The van der Waals surface area contributed by atoms with Gasteiger partial charge in [-0.15, -0.1) is 40.9 Å². The summed E-state index contributed by atoms with van der Waals surface area (Å²) in [6.45, 7) is -1.77. The average Bonchev–Trinajstić information content (AvgIpc) is 3.88. The van der Waals surface area contributed by atoms with Crippen molar-refractivity contribution in [3.63, 3.8) is 0 Å². The molecule has 7 rings (SSSR count). The summed E-state index contributed by atoms with van der Waals surface area (Å²) in [7, 11) is -12.4. The van der Waals surface area contributed by atoms with Crippen LogP contribution in [0.5, 0.6) is 46.1 Å². The predicted molar refractivity (Wildman–Crippen MR) is 284 cm³/mol. The molecule has 0 saturated heterocycles. The molecule has 1 heterocycles. The van der Waals surface area contributed by atoms with E-state index in [0.29, 0.717) is 0 Å². The van der Waals surface area contributed by atoms with Crippen LogP contribution in [0.25, 0.3) is 16.5 Å². The van der Waals surface area contributed by atoms with Crippen molar-refractivity contribution in [2.75, 3.05) is 67.1 Å². The lowest BCUT2D eigenvalue weighted by molar-refractivity contribution is 0.198. The fraction of sp³-hybridized carbons (Fsp3) is 0.229. The fourth-order valence-electron chi connectivity index (χ4n) is 7.29. The first-order chi connectivity index (χ1) is 39.0. The zero-order chi connectivity index (χ0) is 59.5. The molecule has 0 aliphatic rings. The molecule has 7 aromatic rings. The van der Waals surface area contributed by atoms with Crippen molar-refractivity contribution >= 4 is 86.6 Å². The summed E-state index contributed by atoms with van der Waals surface area (Å²) < 4.78 is 138. The van der Waals surface area contributed by atoms with Gasteiger partial charge in [0.15, 0.2) is 11.4 Å². The number of aromatic nitrogens is 2. The standard InChI is InChI=1S/C48H48N10O21S3/c1-26-45(55-53-36-24-38(76-14-10-59)34(22-40(36)78-16-12-61)51-49-32-8-5-29(74-2)20-42(32)80(65,66)67)48(64)58(57-26)28-4-7-31-27(18-28)19-44(82(71,72)73)46(47(31)63)56-54-37-25-39(77-15-11-60)35(23-41(37)79-17-13-62)52-50-33-9-6-30(75-3)21-43(33)81(68,69)70/h4-9,18-25,59-64H,10-17H2,1-3H3,(H,65,66,67)(H,68,69,70)(H,71,72,73). The maximum Gasteiger partial charge on any atom is 0.296 e. The van der Waals surface area contributed by atoms with E-state index in [4.69, 9.17) is 28.4 Å². The third-order valence-corrected chi connectivity index (χ3v) is 13.6. The van der Waals surface area contributed by atoms with Gasteiger partial charge in [0.05, 0.1) is 52.0 Å². The van der Waals surface area contributed by atoms with Crippen LogP contribution in [-0.2, 0) is 30.4 Å². The molecular weight excluding hydrogens is 1150 g/mol. The van der Waals surface area contributed by atoms with E-state index in [2.05, 4.69) is 46.0 Å². The molecule has 9 N–H and O–H groups in total. The van der Waals surface area contributed by atoms with Gasteiger partial charge in [-0.05, 0) is 60.8 Å². The molecule has 0 amide bonds. The number of nitrogens with zero attached hydrogens (tertiary/aromatic N) is 10. The smallest absolute Gasteiger partial charge is 0.296 e. The van der Waals surface area contributed by atoms with Crippen LogP contribution >= 0.6 is 0 Å². The van der Waals surface area contributed by atoms with Crippen molar-refractivity contribution in [3.05, 3.63) is 90.6 Å². The summed E-state index contributed by atoms with van der Waals surface area (Å²) in [6.07, 6.45) is 0. The largest absolute Gasteiger partial charge is 0.505 e. The van der Waals surface area contributed by atoms with E-state index < -0.39 is 88.8 Å². The number of aliphatic hydroxyl groups excluding tert-OH is 4. The maximum atomic E-state index is 13.0. The van der Waals surface area contributed by atoms with Crippen molar-refractivity contribution in [3.8, 4) is 51.8 Å². The maximum absolute atomic E-state index is 13.0. The number of aryl methyl sites for hydroxylation is 1. The number of benzene rings is 6. The van der Waals surface area contributed by atoms with Gasteiger partial charge in [-0.1, -0.05) is 0 Å². The highest BCUT2D eigenvalue weighted by atomic mass is 32.2. The van der Waals surface area contributed by atoms with Gasteiger partial charge in [-0.3, -0.25) is 13.7 Å². The van der Waals surface area contributed by atoms with Crippen molar-refractivity contribution in [2.24, 2.45) is 40.9 Å². The number of azo groups is 4. The minimum atomic E-state index is -5.24. The SMILES string of the molecule is COc1ccc(N=Nc2cc(OCCO)c(N=Nc3c(S(=O)(=O)O)cc4cc(-n5nc(C)c(N=Nc6cc(OCCO)c(N=Nc7ccc(OC)cc7S(=O)(=O)O)cc6OCCO)c5O)ccc4c3O)cc2OCCO)c(S(=O)(=O)O)c1. The van der Waals surface area contributed by atoms with E-state index in [0.717, 1.165) is 35.0 Å². The summed E-state index contributed by atoms with van der Waals surface area (Å²) in [5.41, 5.74) is -2.10. The van der Waals surface area contributed by atoms with Gasteiger partial charge in [0.1, 0.15) is 115 Å². The third-order valence-electron chi connectivity index (χ3n) is 11.0. The molecule has 434 valence electrons. The molecule has 0 aliphatic heterocycles. The summed E-state index contributed by atoms with van der Waals surface area (Å²) in [6, 6.07) is 16.8. The fourth-order valence-corrected chi connectivity index (χ4v) is 9.22. The quantitative estimate of drug-likeness (QED) is 0.0186. The lowest BCUT2D eigenvalue weighted by Gasteiger charge is -2.13. The van der Waals surface area contributed by atoms with Crippen LogP contribution in [-0.4, -0.2) is 146 Å². The van der Waals surface area contributed by atoms with E-state index >= 15 is 0 Å². The van der Waals surface area contributed by atoms with Crippen LogP contribution in [0, 0.1) is 6.92 Å². The number of aliphatic hydroxyl groups is 4. The summed E-state index contributed by atoms with van der Waals surface area (Å²) in [5.74, 6) is -1.85. The van der Waals surface area contributed by atoms with Gasteiger partial charge in [0.25, 0.3) is 30.4 Å². The molecule has 1 aromatic heterocycles. The van der Waals surface area contributed by atoms with Crippen LogP contribution in [0.3, 0.4) is 0 Å². The Morgan fingerprint density at radius 3 is 1.22 bits per heavy atom. The molecule has 34 heteroatoms. The van der Waals surface area contributed by atoms with E-state index in [1.54, 1.807) is 0 Å². The number of aromatic hydroxyl groups is 2. The zero-order valence-electron chi connectivity index (χ0n) is 42.9. The van der Waals surface area contributed by atoms with E-state index in [-0.39, 0.29) is 123 Å². The van der Waals surface area contributed by atoms with Gasteiger partial charge < -0.3 is 59.1 Å². The van der Waals surface area contributed by atoms with Crippen molar-refractivity contribution in [1.29, 1.82) is 0 Å². The number of rotatable bonds is 26. The first kappa shape index (κ1) is 60.8. The van der Waals surface area contributed by atoms with E-state index in [1.807, 2.05) is 0 Å². The van der Waals surface area contributed by atoms with Crippen LogP contribution in [0.2, 0.25) is 0 Å². The van der Waals surface area contributed by atoms with Gasteiger partial charge in [0.2, 0.25) is 5.88 Å². The minimum absolute atomic E-state index is 0.0489. The Morgan fingerprint density at radius 1 is 0.463 bits per heavy atom. The normalized spacial score (nSPS) is 12.4. The first-order valence-electron chi connectivity index (χ1n) is 23.4. The van der Waals surface area contributed by atoms with Gasteiger partial charge >= 0.3 is 0 Å². The Balaban J connectivity index is 1.25. The third kappa shape index (κ3) is 14.4. The highest BCUT2D eigenvalue weighted by Gasteiger charge is 2.26. The molecule has 0 unspecified atom stereocenters. The average molecular weight is 1200 g/mol. The molecule has 0 fully saturated rings. The number of methoxy groups -OCH3 is 2. The molecule has 0 bridgehead atoms. The minimum Gasteiger partial charge on any atom is -0.505 e. The Labute approximate surface area is 464 Å². The number of hydrogen-bond donors (Lipinski definition) is 9.